The first-order valence-electron chi connectivity index (χ1n) is 8.33. The van der Waals surface area contributed by atoms with Crippen molar-refractivity contribution in [1.29, 1.82) is 5.26 Å². The van der Waals surface area contributed by atoms with Gasteiger partial charge in [0.05, 0.1) is 16.2 Å². The number of nitrogens with zero attached hydrogens (tertiary/aromatic N) is 3. The molecule has 2 aromatic rings. The first-order valence-corrected chi connectivity index (χ1v) is 8.33. The minimum absolute atomic E-state index is 0.0451. The second kappa shape index (κ2) is 7.22. The molecule has 0 radical (unpaired) electrons. The second-order valence-electron chi connectivity index (χ2n) is 6.35. The van der Waals surface area contributed by atoms with Gasteiger partial charge in [-0.3, -0.25) is 10.1 Å². The number of hydrogen-bond donors (Lipinski definition) is 1. The lowest BCUT2D eigenvalue weighted by atomic mass is 10.0. The summed E-state index contributed by atoms with van der Waals surface area (Å²) in [6, 6.07) is 15.3. The fraction of sp³-hybridized carbons (Fsp3) is 0.316. The van der Waals surface area contributed by atoms with E-state index in [1.807, 2.05) is 6.07 Å². The van der Waals surface area contributed by atoms with Gasteiger partial charge in [0.15, 0.2) is 0 Å². The highest BCUT2D eigenvalue weighted by atomic mass is 16.6. The summed E-state index contributed by atoms with van der Waals surface area (Å²) in [7, 11) is 0. The van der Waals surface area contributed by atoms with E-state index in [9.17, 15) is 15.4 Å². The minimum Gasteiger partial charge on any atom is -0.382 e. The number of nitriles is 1. The van der Waals surface area contributed by atoms with E-state index in [2.05, 4.69) is 41.4 Å². The third kappa shape index (κ3) is 3.89. The molecule has 0 unspecified atom stereocenters. The molecule has 1 aliphatic rings. The molecular weight excluding hydrogens is 316 g/mol. The Balaban J connectivity index is 1.66. The Morgan fingerprint density at radius 1 is 1.24 bits per heavy atom. The van der Waals surface area contributed by atoms with Crippen LogP contribution < -0.4 is 10.2 Å². The van der Waals surface area contributed by atoms with Gasteiger partial charge in [-0.15, -0.1) is 0 Å². The van der Waals surface area contributed by atoms with Crippen molar-refractivity contribution in [2.75, 3.05) is 23.3 Å². The summed E-state index contributed by atoms with van der Waals surface area (Å²) in [6.45, 7) is 3.71. The SMILES string of the molecule is Cc1cccc(NC2CCN(c3ccc([N+](=O)[O-])cc3C#N)CC2)c1. The molecular formula is C19H20N4O2. The summed E-state index contributed by atoms with van der Waals surface area (Å²) in [5.41, 5.74) is 3.45. The highest BCUT2D eigenvalue weighted by molar-refractivity contribution is 5.63. The van der Waals surface area contributed by atoms with E-state index in [1.54, 1.807) is 6.07 Å². The van der Waals surface area contributed by atoms with Crippen molar-refractivity contribution < 1.29 is 4.92 Å². The number of nitro benzene ring substituents is 1. The van der Waals surface area contributed by atoms with E-state index >= 15 is 0 Å². The number of nitro groups is 1. The fourth-order valence-electron chi connectivity index (χ4n) is 3.24. The summed E-state index contributed by atoms with van der Waals surface area (Å²) in [6.07, 6.45) is 1.91. The number of piperidine rings is 1. The van der Waals surface area contributed by atoms with Crippen molar-refractivity contribution in [1.82, 2.24) is 0 Å². The maximum Gasteiger partial charge on any atom is 0.270 e. The van der Waals surface area contributed by atoms with E-state index in [0.29, 0.717) is 11.6 Å². The molecule has 128 valence electrons. The molecule has 0 aliphatic carbocycles. The molecule has 0 amide bonds. The predicted octanol–water partition coefficient (Wildman–Crippen LogP) is 3.86. The monoisotopic (exact) mass is 336 g/mol. The van der Waals surface area contributed by atoms with Crippen molar-refractivity contribution in [3.05, 3.63) is 63.7 Å². The first kappa shape index (κ1) is 16.8. The maximum atomic E-state index is 10.9. The summed E-state index contributed by atoms with van der Waals surface area (Å²) < 4.78 is 0. The van der Waals surface area contributed by atoms with E-state index in [-0.39, 0.29) is 5.69 Å². The van der Waals surface area contributed by atoms with Gasteiger partial charge in [0.2, 0.25) is 0 Å². The first-order chi connectivity index (χ1) is 12.1. The Morgan fingerprint density at radius 2 is 2.00 bits per heavy atom. The van der Waals surface area contributed by atoms with Gasteiger partial charge in [0.1, 0.15) is 6.07 Å². The molecule has 1 N–H and O–H groups in total. The summed E-state index contributed by atoms with van der Waals surface area (Å²) >= 11 is 0. The van der Waals surface area contributed by atoms with Crippen LogP contribution in [0.15, 0.2) is 42.5 Å². The zero-order chi connectivity index (χ0) is 17.8. The summed E-state index contributed by atoms with van der Waals surface area (Å²) in [5.74, 6) is 0. The predicted molar refractivity (Wildman–Crippen MR) is 97.8 cm³/mol. The molecule has 0 bridgehead atoms. The van der Waals surface area contributed by atoms with Crippen LogP contribution in [0, 0.1) is 28.4 Å². The number of benzene rings is 2. The Labute approximate surface area is 146 Å². The van der Waals surface area contributed by atoms with Crippen LogP contribution in [0.2, 0.25) is 0 Å². The summed E-state index contributed by atoms with van der Waals surface area (Å²) in [4.78, 5) is 12.5. The molecule has 1 fully saturated rings. The third-order valence-corrected chi connectivity index (χ3v) is 4.54. The highest BCUT2D eigenvalue weighted by Gasteiger charge is 2.22. The van der Waals surface area contributed by atoms with Gasteiger partial charge in [0, 0.05) is 37.0 Å². The Morgan fingerprint density at radius 3 is 2.64 bits per heavy atom. The zero-order valence-corrected chi connectivity index (χ0v) is 14.1. The normalized spacial score (nSPS) is 14.8. The van der Waals surface area contributed by atoms with Crippen LogP contribution in [0.4, 0.5) is 17.1 Å². The van der Waals surface area contributed by atoms with E-state index in [0.717, 1.165) is 37.3 Å². The van der Waals surface area contributed by atoms with Crippen LogP contribution in [0.5, 0.6) is 0 Å². The number of nitrogens with one attached hydrogen (secondary N) is 1. The van der Waals surface area contributed by atoms with Gasteiger partial charge in [-0.25, -0.2) is 0 Å². The van der Waals surface area contributed by atoms with Crippen LogP contribution in [-0.4, -0.2) is 24.1 Å². The molecule has 6 nitrogen and oxygen atoms in total. The van der Waals surface area contributed by atoms with E-state index < -0.39 is 4.92 Å². The maximum absolute atomic E-state index is 10.9. The smallest absolute Gasteiger partial charge is 0.270 e. The van der Waals surface area contributed by atoms with E-state index in [4.69, 9.17) is 0 Å². The molecule has 1 aliphatic heterocycles. The molecule has 2 aromatic carbocycles. The number of aryl methyl sites for hydroxylation is 1. The van der Waals surface area contributed by atoms with Gasteiger partial charge in [-0.1, -0.05) is 12.1 Å². The fourth-order valence-corrected chi connectivity index (χ4v) is 3.24. The van der Waals surface area contributed by atoms with Crippen molar-refractivity contribution in [3.63, 3.8) is 0 Å². The topological polar surface area (TPSA) is 82.2 Å². The average molecular weight is 336 g/mol. The molecule has 3 rings (SSSR count). The molecule has 6 heteroatoms. The van der Waals surface area contributed by atoms with Crippen LogP contribution in [0.3, 0.4) is 0 Å². The summed E-state index contributed by atoms with van der Waals surface area (Å²) in [5, 5.41) is 23.8. The number of hydrogen-bond acceptors (Lipinski definition) is 5. The molecule has 1 heterocycles. The Bertz CT molecular complexity index is 820. The number of anilines is 2. The Hall–Kier alpha value is -3.07. The van der Waals surface area contributed by atoms with Crippen LogP contribution in [0.1, 0.15) is 24.0 Å². The molecule has 0 saturated carbocycles. The van der Waals surface area contributed by atoms with Crippen LogP contribution in [-0.2, 0) is 0 Å². The van der Waals surface area contributed by atoms with Gasteiger partial charge in [0.25, 0.3) is 5.69 Å². The lowest BCUT2D eigenvalue weighted by Gasteiger charge is -2.34. The zero-order valence-electron chi connectivity index (χ0n) is 14.1. The highest BCUT2D eigenvalue weighted by Crippen LogP contribution is 2.28. The molecule has 0 aromatic heterocycles. The van der Waals surface area contributed by atoms with Gasteiger partial charge in [-0.2, -0.15) is 5.26 Å². The van der Waals surface area contributed by atoms with Gasteiger partial charge < -0.3 is 10.2 Å². The third-order valence-electron chi connectivity index (χ3n) is 4.54. The van der Waals surface area contributed by atoms with Crippen molar-refractivity contribution in [2.45, 2.75) is 25.8 Å². The Kier molecular flexibility index (Phi) is 4.85. The van der Waals surface area contributed by atoms with Crippen molar-refractivity contribution in [3.8, 4) is 6.07 Å². The quantitative estimate of drug-likeness (QED) is 0.677. The second-order valence-corrected chi connectivity index (χ2v) is 6.35. The van der Waals surface area contributed by atoms with E-state index in [1.165, 1.54) is 17.7 Å². The molecule has 1 saturated heterocycles. The molecule has 25 heavy (non-hydrogen) atoms. The van der Waals surface area contributed by atoms with Crippen molar-refractivity contribution in [2.24, 2.45) is 0 Å². The molecule has 0 spiro atoms. The van der Waals surface area contributed by atoms with Crippen molar-refractivity contribution >= 4 is 17.1 Å². The lowest BCUT2D eigenvalue weighted by Crippen LogP contribution is -2.39. The average Bonchev–Trinajstić information content (AvgIpc) is 2.62. The van der Waals surface area contributed by atoms with Crippen LogP contribution >= 0.6 is 0 Å². The standard InChI is InChI=1S/C19H20N4O2/c1-14-3-2-4-17(11-14)21-16-7-9-22(10-8-16)19-6-5-18(23(24)25)12-15(19)13-20/h2-6,11-12,16,21H,7-10H2,1H3. The van der Waals surface area contributed by atoms with Gasteiger partial charge in [-0.05, 0) is 43.5 Å². The largest absolute Gasteiger partial charge is 0.382 e. The van der Waals surface area contributed by atoms with Crippen LogP contribution in [0.25, 0.3) is 0 Å². The molecule has 0 atom stereocenters. The minimum atomic E-state index is -0.470. The lowest BCUT2D eigenvalue weighted by molar-refractivity contribution is -0.384. The number of rotatable bonds is 4. The number of non-ortho nitro benzene ring substituents is 1. The van der Waals surface area contributed by atoms with Gasteiger partial charge >= 0.3 is 0 Å².